The number of sulfonamides is 1. The van der Waals surface area contributed by atoms with Gasteiger partial charge in [0.2, 0.25) is 10.0 Å². The van der Waals surface area contributed by atoms with Gasteiger partial charge in [-0.05, 0) is 67.3 Å². The molecule has 1 aliphatic heterocycles. The number of hydroxylamine groups is 1. The largest absolute Gasteiger partial charge is 0.457 e. The number of carbonyl (C=O) groups is 1. The molecule has 2 aromatic carbocycles. The number of hydrogen-bond donors (Lipinski definition) is 2. The predicted molar refractivity (Wildman–Crippen MR) is 104 cm³/mol. The van der Waals surface area contributed by atoms with E-state index in [-0.39, 0.29) is 17.4 Å². The van der Waals surface area contributed by atoms with Crippen LogP contribution in [0.25, 0.3) is 0 Å². The molecule has 28 heavy (non-hydrogen) atoms. The van der Waals surface area contributed by atoms with Gasteiger partial charge in [-0.1, -0.05) is 18.5 Å². The first-order valence-electron chi connectivity index (χ1n) is 8.82. The lowest BCUT2D eigenvalue weighted by atomic mass is 9.92. The second-order valence-electron chi connectivity index (χ2n) is 6.68. The van der Waals surface area contributed by atoms with Gasteiger partial charge >= 0.3 is 0 Å². The highest BCUT2D eigenvalue weighted by atomic mass is 35.5. The van der Waals surface area contributed by atoms with Gasteiger partial charge in [0, 0.05) is 11.6 Å². The molecule has 9 heteroatoms. The Hall–Kier alpha value is -2.13. The van der Waals surface area contributed by atoms with Crippen LogP contribution in [0.5, 0.6) is 11.5 Å². The summed E-state index contributed by atoms with van der Waals surface area (Å²) in [6, 6.07) is 11.8. The number of carbonyl (C=O) groups excluding carboxylic acids is 1. The Morgan fingerprint density at radius 3 is 2.29 bits per heavy atom. The number of hydrogen-bond acceptors (Lipinski definition) is 5. The molecule has 1 fully saturated rings. The predicted octanol–water partition coefficient (Wildman–Crippen LogP) is 3.43. The highest BCUT2D eigenvalue weighted by Crippen LogP contribution is 2.31. The lowest BCUT2D eigenvalue weighted by Crippen LogP contribution is -2.54. The molecule has 7 nitrogen and oxygen atoms in total. The topological polar surface area (TPSA) is 95.9 Å². The number of nitrogens with zero attached hydrogens (tertiary/aromatic N) is 1. The van der Waals surface area contributed by atoms with Crippen molar-refractivity contribution in [3.63, 3.8) is 0 Å². The lowest BCUT2D eigenvalue weighted by molar-refractivity contribution is -0.135. The zero-order chi connectivity index (χ0) is 20.3. The van der Waals surface area contributed by atoms with Crippen molar-refractivity contribution >= 4 is 27.5 Å². The van der Waals surface area contributed by atoms with Crippen molar-refractivity contribution in [2.24, 2.45) is 5.92 Å². The SMILES string of the molecule is CC1CCCN(S(=O)(=O)c2ccc(Oc3ccc(Cl)cc3)cc2)[C@@H]1C(=O)NO. The van der Waals surface area contributed by atoms with Crippen molar-refractivity contribution in [2.45, 2.75) is 30.7 Å². The summed E-state index contributed by atoms with van der Waals surface area (Å²) in [6.45, 7) is 2.01. The van der Waals surface area contributed by atoms with Crippen LogP contribution in [0.15, 0.2) is 53.4 Å². The van der Waals surface area contributed by atoms with Crippen LogP contribution < -0.4 is 10.2 Å². The highest BCUT2D eigenvalue weighted by molar-refractivity contribution is 7.89. The molecule has 1 saturated heterocycles. The zero-order valence-electron chi connectivity index (χ0n) is 15.2. The van der Waals surface area contributed by atoms with Crippen LogP contribution in [-0.4, -0.2) is 36.4 Å². The average Bonchev–Trinajstić information content (AvgIpc) is 2.69. The quantitative estimate of drug-likeness (QED) is 0.566. The molecule has 2 atom stereocenters. The Labute approximate surface area is 168 Å². The van der Waals surface area contributed by atoms with Crippen molar-refractivity contribution in [3.8, 4) is 11.5 Å². The fourth-order valence-electron chi connectivity index (χ4n) is 3.33. The van der Waals surface area contributed by atoms with Gasteiger partial charge in [-0.25, -0.2) is 13.9 Å². The Morgan fingerprint density at radius 1 is 1.14 bits per heavy atom. The minimum atomic E-state index is -3.91. The van der Waals surface area contributed by atoms with Crippen LogP contribution in [0.2, 0.25) is 5.02 Å². The Bertz CT molecular complexity index is 932. The van der Waals surface area contributed by atoms with E-state index in [1.165, 1.54) is 12.1 Å². The summed E-state index contributed by atoms with van der Waals surface area (Å²) in [4.78, 5) is 12.1. The maximum Gasteiger partial charge on any atom is 0.262 e. The molecule has 0 bridgehead atoms. The van der Waals surface area contributed by atoms with E-state index in [2.05, 4.69) is 0 Å². The summed E-state index contributed by atoms with van der Waals surface area (Å²) in [6.07, 6.45) is 1.35. The van der Waals surface area contributed by atoms with Gasteiger partial charge in [0.15, 0.2) is 0 Å². The maximum atomic E-state index is 13.1. The average molecular weight is 425 g/mol. The van der Waals surface area contributed by atoms with Crippen LogP contribution >= 0.6 is 11.6 Å². The van der Waals surface area contributed by atoms with Crippen LogP contribution in [0.3, 0.4) is 0 Å². The molecule has 1 unspecified atom stereocenters. The molecule has 2 aromatic rings. The van der Waals surface area contributed by atoms with Crippen LogP contribution in [0.1, 0.15) is 19.8 Å². The summed E-state index contributed by atoms with van der Waals surface area (Å²) in [5, 5.41) is 9.60. The molecule has 1 heterocycles. The van der Waals surface area contributed by atoms with Gasteiger partial charge < -0.3 is 4.74 Å². The lowest BCUT2D eigenvalue weighted by Gasteiger charge is -2.37. The van der Waals surface area contributed by atoms with Gasteiger partial charge in [0.25, 0.3) is 5.91 Å². The Kier molecular flexibility index (Phi) is 6.24. The first-order valence-corrected chi connectivity index (χ1v) is 10.6. The van der Waals surface area contributed by atoms with E-state index in [9.17, 15) is 13.2 Å². The first kappa shape index (κ1) is 20.6. The van der Waals surface area contributed by atoms with E-state index >= 15 is 0 Å². The fourth-order valence-corrected chi connectivity index (χ4v) is 5.18. The fraction of sp³-hybridized carbons (Fsp3) is 0.316. The van der Waals surface area contributed by atoms with Crippen LogP contribution in [-0.2, 0) is 14.8 Å². The van der Waals surface area contributed by atoms with E-state index in [4.69, 9.17) is 21.5 Å². The molecule has 2 N–H and O–H groups in total. The molecular formula is C19H21ClN2O5S. The van der Waals surface area contributed by atoms with Gasteiger partial charge in [0.05, 0.1) is 4.90 Å². The molecule has 3 rings (SSSR count). The van der Waals surface area contributed by atoms with Gasteiger partial charge in [-0.3, -0.25) is 10.0 Å². The number of nitrogens with one attached hydrogen (secondary N) is 1. The number of rotatable bonds is 5. The van der Waals surface area contributed by atoms with E-state index in [1.807, 2.05) is 0 Å². The summed E-state index contributed by atoms with van der Waals surface area (Å²) in [5.41, 5.74) is 1.58. The van der Waals surface area contributed by atoms with Crippen molar-refractivity contribution < 1.29 is 23.2 Å². The van der Waals surface area contributed by atoms with Crippen molar-refractivity contribution in [1.82, 2.24) is 9.79 Å². The number of piperidine rings is 1. The molecule has 0 radical (unpaired) electrons. The molecular weight excluding hydrogens is 404 g/mol. The Balaban J connectivity index is 1.82. The summed E-state index contributed by atoms with van der Waals surface area (Å²) in [5.74, 6) is 0.115. The molecule has 150 valence electrons. The van der Waals surface area contributed by atoms with Crippen molar-refractivity contribution in [1.29, 1.82) is 0 Å². The number of benzene rings is 2. The third kappa shape index (κ3) is 4.30. The second-order valence-corrected chi connectivity index (χ2v) is 9.01. The monoisotopic (exact) mass is 424 g/mol. The van der Waals surface area contributed by atoms with E-state index < -0.39 is 22.0 Å². The molecule has 0 aliphatic carbocycles. The van der Waals surface area contributed by atoms with Crippen LogP contribution in [0.4, 0.5) is 0 Å². The van der Waals surface area contributed by atoms with E-state index in [0.717, 1.165) is 4.31 Å². The third-order valence-electron chi connectivity index (χ3n) is 4.75. The molecule has 1 aliphatic rings. The van der Waals surface area contributed by atoms with Gasteiger partial charge in [0.1, 0.15) is 17.5 Å². The molecule has 1 amide bonds. The van der Waals surface area contributed by atoms with Gasteiger partial charge in [-0.2, -0.15) is 4.31 Å². The molecule has 0 saturated carbocycles. The van der Waals surface area contributed by atoms with E-state index in [1.54, 1.807) is 48.8 Å². The smallest absolute Gasteiger partial charge is 0.262 e. The minimum Gasteiger partial charge on any atom is -0.457 e. The normalized spacial score (nSPS) is 20.5. The summed E-state index contributed by atoms with van der Waals surface area (Å²) >= 11 is 5.84. The van der Waals surface area contributed by atoms with Crippen molar-refractivity contribution in [2.75, 3.05) is 6.54 Å². The standard InChI is InChI=1S/C19H21ClN2O5S/c1-13-3-2-12-22(18(13)19(23)21-24)28(25,26)17-10-8-16(9-11-17)27-15-6-4-14(20)5-7-15/h4-11,13,18,24H,2-3,12H2,1H3,(H,21,23)/t13?,18-/m0/s1. The van der Waals surface area contributed by atoms with Crippen LogP contribution in [0, 0.1) is 5.92 Å². The summed E-state index contributed by atoms with van der Waals surface area (Å²) in [7, 11) is -3.91. The zero-order valence-corrected chi connectivity index (χ0v) is 16.8. The number of halogens is 1. The number of amides is 1. The number of ether oxygens (including phenoxy) is 1. The highest BCUT2D eigenvalue weighted by Gasteiger charge is 2.41. The Morgan fingerprint density at radius 2 is 1.71 bits per heavy atom. The minimum absolute atomic E-state index is 0.0563. The first-order chi connectivity index (χ1) is 13.3. The summed E-state index contributed by atoms with van der Waals surface area (Å²) < 4.78 is 33.0. The maximum absolute atomic E-state index is 13.1. The van der Waals surface area contributed by atoms with E-state index in [0.29, 0.717) is 29.4 Å². The van der Waals surface area contributed by atoms with Crippen molar-refractivity contribution in [3.05, 3.63) is 53.6 Å². The van der Waals surface area contributed by atoms with Gasteiger partial charge in [-0.15, -0.1) is 0 Å². The third-order valence-corrected chi connectivity index (χ3v) is 6.89. The molecule has 0 spiro atoms. The second kappa shape index (κ2) is 8.48. The molecule has 0 aromatic heterocycles.